The standard InChI is InChI=1S/C14H10BF3NO2S.K/c16-15(17,18)13-10-19(14-9-5-4-8-12(13)14)22(20,21)11-6-2-1-3-7-11;/h1-10H;/q-1;+1. The van der Waals surface area contributed by atoms with Crippen LogP contribution in [0.25, 0.3) is 10.9 Å². The third kappa shape index (κ3) is 3.45. The molecule has 0 radical (unpaired) electrons. The van der Waals surface area contributed by atoms with Crippen molar-refractivity contribution in [2.75, 3.05) is 0 Å². The van der Waals surface area contributed by atoms with E-state index in [1.807, 2.05) is 0 Å². The van der Waals surface area contributed by atoms with Crippen LogP contribution in [0, 0.1) is 0 Å². The zero-order chi connectivity index (χ0) is 16.0. The summed E-state index contributed by atoms with van der Waals surface area (Å²) in [5.74, 6) is 0. The monoisotopic (exact) mass is 363 g/mol. The van der Waals surface area contributed by atoms with Gasteiger partial charge in [-0.05, 0) is 29.8 Å². The Bertz CT molecular complexity index is 940. The molecule has 0 saturated heterocycles. The molecule has 3 rings (SSSR count). The molecule has 3 aromatic rings. The number of nitrogens with zero attached hydrogens (tertiary/aromatic N) is 1. The molecule has 1 heterocycles. The summed E-state index contributed by atoms with van der Waals surface area (Å²) in [6.45, 7) is -5.31. The van der Waals surface area contributed by atoms with Gasteiger partial charge in [0.2, 0.25) is 0 Å². The van der Waals surface area contributed by atoms with Gasteiger partial charge >= 0.3 is 58.4 Å². The van der Waals surface area contributed by atoms with Gasteiger partial charge in [0.1, 0.15) is 0 Å². The van der Waals surface area contributed by atoms with Crippen molar-refractivity contribution in [3.8, 4) is 0 Å². The third-order valence-corrected chi connectivity index (χ3v) is 5.05. The second-order valence-corrected chi connectivity index (χ2v) is 6.61. The first kappa shape index (κ1) is 18.8. The smallest absolute Gasteiger partial charge is 0.445 e. The number of rotatable bonds is 3. The molecular formula is C14H10BF3KNO2S. The zero-order valence-electron chi connectivity index (χ0n) is 12.2. The van der Waals surface area contributed by atoms with Gasteiger partial charge in [0.15, 0.2) is 0 Å². The van der Waals surface area contributed by atoms with E-state index in [0.717, 1.165) is 0 Å². The summed E-state index contributed by atoms with van der Waals surface area (Å²) in [4.78, 5) is -0.0584. The minimum Gasteiger partial charge on any atom is -0.445 e. The molecule has 0 aliphatic heterocycles. The van der Waals surface area contributed by atoms with Crippen molar-refractivity contribution in [3.05, 3.63) is 60.8 Å². The van der Waals surface area contributed by atoms with Crippen molar-refractivity contribution in [1.29, 1.82) is 0 Å². The van der Waals surface area contributed by atoms with Crippen LogP contribution >= 0.6 is 0 Å². The topological polar surface area (TPSA) is 39.1 Å². The quantitative estimate of drug-likeness (QED) is 0.612. The number of halogens is 3. The second kappa shape index (κ2) is 6.73. The SMILES string of the molecule is O=S(=O)(c1ccccc1)n1cc([B-](F)(F)F)c2ccccc21.[K+]. The second-order valence-electron chi connectivity index (χ2n) is 4.79. The van der Waals surface area contributed by atoms with Crippen LogP contribution in [0.1, 0.15) is 0 Å². The van der Waals surface area contributed by atoms with E-state index in [0.29, 0.717) is 10.2 Å². The van der Waals surface area contributed by atoms with E-state index in [-0.39, 0.29) is 67.2 Å². The van der Waals surface area contributed by atoms with Gasteiger partial charge in [0.25, 0.3) is 10.0 Å². The van der Waals surface area contributed by atoms with Crippen molar-refractivity contribution in [1.82, 2.24) is 3.97 Å². The fourth-order valence-corrected chi connectivity index (χ4v) is 3.74. The van der Waals surface area contributed by atoms with Gasteiger partial charge in [0.05, 0.1) is 10.4 Å². The molecule has 0 saturated carbocycles. The van der Waals surface area contributed by atoms with Gasteiger partial charge in [-0.1, -0.05) is 41.9 Å². The molecule has 0 aliphatic carbocycles. The van der Waals surface area contributed by atoms with Crippen LogP contribution in [0.5, 0.6) is 0 Å². The van der Waals surface area contributed by atoms with Crippen LogP contribution in [0.2, 0.25) is 0 Å². The molecule has 0 unspecified atom stereocenters. The van der Waals surface area contributed by atoms with Crippen molar-refractivity contribution < 1.29 is 72.7 Å². The zero-order valence-corrected chi connectivity index (χ0v) is 16.1. The Morgan fingerprint density at radius 2 is 1.43 bits per heavy atom. The molecule has 0 fully saturated rings. The van der Waals surface area contributed by atoms with Gasteiger partial charge in [-0.25, -0.2) is 12.4 Å². The fourth-order valence-electron chi connectivity index (χ4n) is 2.34. The Hall–Kier alpha value is -0.579. The maximum atomic E-state index is 13.2. The van der Waals surface area contributed by atoms with E-state index >= 15 is 0 Å². The summed E-state index contributed by atoms with van der Waals surface area (Å²) >= 11 is 0. The maximum Gasteiger partial charge on any atom is 1.00 e. The molecule has 0 amide bonds. The van der Waals surface area contributed by atoms with E-state index in [9.17, 15) is 21.4 Å². The Kier molecular flexibility index (Phi) is 5.49. The van der Waals surface area contributed by atoms with Crippen LogP contribution in [0.4, 0.5) is 12.9 Å². The molecule has 0 bridgehead atoms. The van der Waals surface area contributed by atoms with Crippen molar-refractivity contribution in [3.63, 3.8) is 0 Å². The molecule has 3 nitrogen and oxygen atoms in total. The first-order valence-electron chi connectivity index (χ1n) is 6.42. The largest absolute Gasteiger partial charge is 1.00 e. The summed E-state index contributed by atoms with van der Waals surface area (Å²) in [7, 11) is -4.08. The minimum absolute atomic E-state index is 0. The Balaban J connectivity index is 0.00000192. The van der Waals surface area contributed by atoms with Crippen LogP contribution in [-0.4, -0.2) is 19.4 Å². The van der Waals surface area contributed by atoms with E-state index in [4.69, 9.17) is 0 Å². The molecule has 0 N–H and O–H groups in total. The first-order valence-corrected chi connectivity index (χ1v) is 7.86. The molecule has 2 aromatic carbocycles. The molecule has 114 valence electrons. The number of fused-ring (bicyclic) bond motifs is 1. The molecular weight excluding hydrogens is 353 g/mol. The average molecular weight is 363 g/mol. The number of benzene rings is 2. The summed E-state index contributed by atoms with van der Waals surface area (Å²) in [5, 5.41) is -0.116. The Morgan fingerprint density at radius 1 is 0.870 bits per heavy atom. The summed E-state index contributed by atoms with van der Waals surface area (Å²) in [5.41, 5.74) is -0.893. The molecule has 23 heavy (non-hydrogen) atoms. The van der Waals surface area contributed by atoms with Crippen LogP contribution < -0.4 is 56.8 Å². The Labute approximate surface area is 174 Å². The van der Waals surface area contributed by atoms with Crippen molar-refractivity contribution >= 4 is 33.4 Å². The predicted molar refractivity (Wildman–Crippen MR) is 79.7 cm³/mol. The van der Waals surface area contributed by atoms with Gasteiger partial charge in [-0.3, -0.25) is 0 Å². The number of para-hydroxylation sites is 1. The normalized spacial score (nSPS) is 12.1. The predicted octanol–water partition coefficient (Wildman–Crippen LogP) is -0.0633. The third-order valence-electron chi connectivity index (χ3n) is 3.36. The molecule has 1 aromatic heterocycles. The molecule has 0 spiro atoms. The van der Waals surface area contributed by atoms with E-state index in [1.165, 1.54) is 48.5 Å². The fraction of sp³-hybridized carbons (Fsp3) is 0. The van der Waals surface area contributed by atoms with Gasteiger partial charge < -0.3 is 12.9 Å². The summed E-state index contributed by atoms with van der Waals surface area (Å²) < 4.78 is 65.4. The minimum atomic E-state index is -5.31. The van der Waals surface area contributed by atoms with Crippen LogP contribution in [-0.2, 0) is 10.0 Å². The summed E-state index contributed by atoms with van der Waals surface area (Å²) in [6.07, 6.45) is 0.660. The van der Waals surface area contributed by atoms with Gasteiger partial charge in [-0.2, -0.15) is 0 Å². The van der Waals surface area contributed by atoms with Crippen LogP contribution in [0.15, 0.2) is 65.7 Å². The molecule has 0 aliphatic rings. The van der Waals surface area contributed by atoms with Crippen molar-refractivity contribution in [2.24, 2.45) is 0 Å². The average Bonchev–Trinajstić information content (AvgIpc) is 2.88. The number of hydrogen-bond donors (Lipinski definition) is 0. The van der Waals surface area contributed by atoms with E-state index in [1.54, 1.807) is 6.07 Å². The number of aromatic nitrogens is 1. The van der Waals surface area contributed by atoms with Crippen molar-refractivity contribution in [2.45, 2.75) is 4.90 Å². The van der Waals surface area contributed by atoms with Gasteiger partial charge in [-0.15, -0.1) is 0 Å². The van der Waals surface area contributed by atoms with Gasteiger partial charge in [0, 0.05) is 0 Å². The summed E-state index contributed by atoms with van der Waals surface area (Å²) in [6, 6.07) is 13.0. The maximum absolute atomic E-state index is 13.2. The Morgan fingerprint density at radius 3 is 2.04 bits per heavy atom. The molecule has 9 heteroatoms. The van der Waals surface area contributed by atoms with E-state index in [2.05, 4.69) is 0 Å². The van der Waals surface area contributed by atoms with Crippen LogP contribution in [0.3, 0.4) is 0 Å². The van der Waals surface area contributed by atoms with E-state index < -0.39 is 22.5 Å². The number of hydrogen-bond acceptors (Lipinski definition) is 2. The molecule has 0 atom stereocenters. The first-order chi connectivity index (χ1) is 10.3.